The van der Waals surface area contributed by atoms with Gasteiger partial charge in [0, 0.05) is 26.8 Å². The molecule has 0 atom stereocenters. The number of anilines is 1. The van der Waals surface area contributed by atoms with Crippen molar-refractivity contribution in [2.45, 2.75) is 0 Å². The standard InChI is InChI=1S/C16H14BrCl2NO3/c1-22-16(21)14-6-10(17)2-3-15(14)20-4-5-23-13-8-11(18)7-12(19)9-13/h2-3,6-9,20H,4-5H2,1H3. The minimum Gasteiger partial charge on any atom is -0.492 e. The fourth-order valence-electron chi connectivity index (χ4n) is 1.92. The van der Waals surface area contributed by atoms with E-state index in [0.29, 0.717) is 40.2 Å². The van der Waals surface area contributed by atoms with Crippen LogP contribution in [0.25, 0.3) is 0 Å². The summed E-state index contributed by atoms with van der Waals surface area (Å²) < 4.78 is 11.2. The van der Waals surface area contributed by atoms with Gasteiger partial charge in [0.25, 0.3) is 0 Å². The summed E-state index contributed by atoms with van der Waals surface area (Å²) in [4.78, 5) is 11.8. The lowest BCUT2D eigenvalue weighted by molar-refractivity contribution is 0.0601. The van der Waals surface area contributed by atoms with Gasteiger partial charge in [0.05, 0.1) is 12.7 Å². The average molecular weight is 419 g/mol. The van der Waals surface area contributed by atoms with Crippen molar-refractivity contribution in [3.05, 3.63) is 56.5 Å². The molecule has 0 fully saturated rings. The first-order valence-electron chi connectivity index (χ1n) is 6.70. The Balaban J connectivity index is 1.95. The van der Waals surface area contributed by atoms with E-state index in [1.165, 1.54) is 7.11 Å². The Morgan fingerprint density at radius 2 is 1.87 bits per heavy atom. The zero-order valence-corrected chi connectivity index (χ0v) is 15.3. The van der Waals surface area contributed by atoms with Gasteiger partial charge in [-0.25, -0.2) is 4.79 Å². The quantitative estimate of drug-likeness (QED) is 0.527. The van der Waals surface area contributed by atoms with Crippen molar-refractivity contribution >= 4 is 50.8 Å². The van der Waals surface area contributed by atoms with Crippen LogP contribution < -0.4 is 10.1 Å². The number of methoxy groups -OCH3 is 1. The molecule has 0 heterocycles. The van der Waals surface area contributed by atoms with Crippen LogP contribution in [0.1, 0.15) is 10.4 Å². The lowest BCUT2D eigenvalue weighted by Gasteiger charge is -2.12. The summed E-state index contributed by atoms with van der Waals surface area (Å²) in [5.41, 5.74) is 1.13. The maximum Gasteiger partial charge on any atom is 0.340 e. The molecule has 0 unspecified atom stereocenters. The third-order valence-corrected chi connectivity index (χ3v) is 3.84. The highest BCUT2D eigenvalue weighted by molar-refractivity contribution is 9.10. The van der Waals surface area contributed by atoms with E-state index < -0.39 is 5.97 Å². The predicted octanol–water partition coefficient (Wildman–Crippen LogP) is 5.03. The van der Waals surface area contributed by atoms with Gasteiger partial charge in [-0.15, -0.1) is 0 Å². The molecule has 2 aromatic carbocycles. The van der Waals surface area contributed by atoms with Crippen LogP contribution in [0.15, 0.2) is 40.9 Å². The molecule has 4 nitrogen and oxygen atoms in total. The van der Waals surface area contributed by atoms with Crippen molar-refractivity contribution in [2.75, 3.05) is 25.6 Å². The van der Waals surface area contributed by atoms with E-state index in [-0.39, 0.29) is 0 Å². The van der Waals surface area contributed by atoms with E-state index >= 15 is 0 Å². The molecular formula is C16H14BrCl2NO3. The number of hydrogen-bond donors (Lipinski definition) is 1. The Morgan fingerprint density at radius 3 is 2.52 bits per heavy atom. The Bertz CT molecular complexity index is 689. The molecule has 23 heavy (non-hydrogen) atoms. The minimum absolute atomic E-state index is 0.382. The normalized spacial score (nSPS) is 10.3. The largest absolute Gasteiger partial charge is 0.492 e. The number of halogens is 3. The molecule has 0 amide bonds. The Hall–Kier alpha value is -1.43. The van der Waals surface area contributed by atoms with Crippen molar-refractivity contribution in [1.82, 2.24) is 0 Å². The molecule has 0 aliphatic heterocycles. The predicted molar refractivity (Wildman–Crippen MR) is 95.9 cm³/mol. The third-order valence-electron chi connectivity index (χ3n) is 2.91. The summed E-state index contributed by atoms with van der Waals surface area (Å²) in [5.74, 6) is 0.185. The molecule has 0 aliphatic rings. The molecule has 7 heteroatoms. The van der Waals surface area contributed by atoms with Crippen molar-refractivity contribution in [2.24, 2.45) is 0 Å². The van der Waals surface area contributed by atoms with Crippen molar-refractivity contribution in [3.63, 3.8) is 0 Å². The summed E-state index contributed by atoms with van der Waals surface area (Å²) in [6, 6.07) is 10.4. The Labute approximate surface area is 152 Å². The van der Waals surface area contributed by atoms with E-state index in [1.54, 1.807) is 30.3 Å². The van der Waals surface area contributed by atoms with Crippen LogP contribution in [0.4, 0.5) is 5.69 Å². The molecule has 0 saturated carbocycles. The summed E-state index contributed by atoms with van der Waals surface area (Å²) >= 11 is 15.2. The molecule has 0 aromatic heterocycles. The van der Waals surface area contributed by atoms with Crippen LogP contribution in [0.3, 0.4) is 0 Å². The number of ether oxygens (including phenoxy) is 2. The van der Waals surface area contributed by atoms with Gasteiger partial charge in [0.15, 0.2) is 0 Å². The van der Waals surface area contributed by atoms with Gasteiger partial charge in [-0.05, 0) is 36.4 Å². The minimum atomic E-state index is -0.406. The van der Waals surface area contributed by atoms with Crippen molar-refractivity contribution in [1.29, 1.82) is 0 Å². The summed E-state index contributed by atoms with van der Waals surface area (Å²) in [5, 5.41) is 4.17. The molecule has 0 bridgehead atoms. The zero-order chi connectivity index (χ0) is 16.8. The van der Waals surface area contributed by atoms with Gasteiger partial charge >= 0.3 is 5.97 Å². The van der Waals surface area contributed by atoms with Gasteiger partial charge in [-0.1, -0.05) is 39.1 Å². The number of benzene rings is 2. The lowest BCUT2D eigenvalue weighted by Crippen LogP contribution is -2.14. The van der Waals surface area contributed by atoms with Crippen molar-refractivity contribution < 1.29 is 14.3 Å². The van der Waals surface area contributed by atoms with Crippen LogP contribution in [0.5, 0.6) is 5.75 Å². The topological polar surface area (TPSA) is 47.6 Å². The molecule has 0 aliphatic carbocycles. The van der Waals surface area contributed by atoms with Crippen LogP contribution in [-0.4, -0.2) is 26.2 Å². The summed E-state index contributed by atoms with van der Waals surface area (Å²) in [6.45, 7) is 0.878. The fraction of sp³-hybridized carbons (Fsp3) is 0.188. The lowest BCUT2D eigenvalue weighted by atomic mass is 10.2. The number of esters is 1. The number of hydrogen-bond acceptors (Lipinski definition) is 4. The second kappa shape index (κ2) is 8.43. The van der Waals surface area contributed by atoms with E-state index in [2.05, 4.69) is 21.2 Å². The SMILES string of the molecule is COC(=O)c1cc(Br)ccc1NCCOc1cc(Cl)cc(Cl)c1. The van der Waals surface area contributed by atoms with Crippen LogP contribution in [0.2, 0.25) is 10.0 Å². The van der Waals surface area contributed by atoms with E-state index in [1.807, 2.05) is 6.07 Å². The summed E-state index contributed by atoms with van der Waals surface area (Å²) in [6.07, 6.45) is 0. The highest BCUT2D eigenvalue weighted by Gasteiger charge is 2.12. The summed E-state index contributed by atoms with van der Waals surface area (Å²) in [7, 11) is 1.35. The first-order chi connectivity index (χ1) is 11.0. The second-order valence-electron chi connectivity index (χ2n) is 4.56. The van der Waals surface area contributed by atoms with E-state index in [9.17, 15) is 4.79 Å². The van der Waals surface area contributed by atoms with Gasteiger partial charge in [0.2, 0.25) is 0 Å². The molecular weight excluding hydrogens is 405 g/mol. The van der Waals surface area contributed by atoms with Gasteiger partial charge in [-0.3, -0.25) is 0 Å². The zero-order valence-electron chi connectivity index (χ0n) is 12.2. The second-order valence-corrected chi connectivity index (χ2v) is 6.35. The van der Waals surface area contributed by atoms with Gasteiger partial charge in [0.1, 0.15) is 12.4 Å². The van der Waals surface area contributed by atoms with Gasteiger partial charge in [-0.2, -0.15) is 0 Å². The third kappa shape index (κ3) is 5.30. The highest BCUT2D eigenvalue weighted by atomic mass is 79.9. The number of nitrogens with one attached hydrogen (secondary N) is 1. The molecule has 0 spiro atoms. The van der Waals surface area contributed by atoms with E-state index in [4.69, 9.17) is 32.7 Å². The van der Waals surface area contributed by atoms with E-state index in [0.717, 1.165) is 4.47 Å². The van der Waals surface area contributed by atoms with Crippen molar-refractivity contribution in [3.8, 4) is 5.75 Å². The van der Waals surface area contributed by atoms with Crippen LogP contribution >= 0.6 is 39.1 Å². The molecule has 0 radical (unpaired) electrons. The number of carbonyl (C=O) groups is 1. The maximum atomic E-state index is 11.8. The van der Waals surface area contributed by atoms with Crippen LogP contribution in [0, 0.1) is 0 Å². The molecule has 2 rings (SSSR count). The Morgan fingerprint density at radius 1 is 1.17 bits per heavy atom. The molecule has 2 aromatic rings. The molecule has 122 valence electrons. The fourth-order valence-corrected chi connectivity index (χ4v) is 2.78. The monoisotopic (exact) mass is 417 g/mol. The maximum absolute atomic E-state index is 11.8. The molecule has 0 saturated heterocycles. The average Bonchev–Trinajstić information content (AvgIpc) is 2.51. The van der Waals surface area contributed by atoms with Crippen LogP contribution in [-0.2, 0) is 4.74 Å². The first-order valence-corrected chi connectivity index (χ1v) is 8.25. The smallest absolute Gasteiger partial charge is 0.340 e. The number of carbonyl (C=O) groups excluding carboxylic acids is 1. The first kappa shape index (κ1) is 17.9. The molecule has 1 N–H and O–H groups in total. The number of rotatable bonds is 6. The highest BCUT2D eigenvalue weighted by Crippen LogP contribution is 2.24. The van der Waals surface area contributed by atoms with Gasteiger partial charge < -0.3 is 14.8 Å². The Kier molecular flexibility index (Phi) is 6.57.